The van der Waals surface area contributed by atoms with Gasteiger partial charge in [-0.25, -0.2) is 10.6 Å². The predicted octanol–water partition coefficient (Wildman–Crippen LogP) is -0.589. The van der Waals surface area contributed by atoms with Crippen molar-refractivity contribution in [1.82, 2.24) is 15.2 Å². The van der Waals surface area contributed by atoms with Gasteiger partial charge in [0.05, 0.1) is 12.6 Å². The van der Waals surface area contributed by atoms with Crippen LogP contribution in [0, 0.1) is 0 Å². The van der Waals surface area contributed by atoms with E-state index in [-0.39, 0.29) is 5.78 Å². The van der Waals surface area contributed by atoms with Crippen LogP contribution in [0.5, 0.6) is 0 Å². The molecule has 0 saturated carbocycles. The highest BCUT2D eigenvalue weighted by Gasteiger charge is 2.14. The van der Waals surface area contributed by atoms with Crippen LogP contribution >= 0.6 is 0 Å². The summed E-state index contributed by atoms with van der Waals surface area (Å²) in [6.07, 6.45) is 0. The zero-order valence-corrected chi connectivity index (χ0v) is 9.78. The van der Waals surface area contributed by atoms with Gasteiger partial charge in [0.25, 0.3) is 0 Å². The van der Waals surface area contributed by atoms with Crippen LogP contribution in [0.25, 0.3) is 0 Å². The number of carbonyl (C=O) groups excluding carboxylic acids is 2. The summed E-state index contributed by atoms with van der Waals surface area (Å²) >= 11 is 0. The van der Waals surface area contributed by atoms with Crippen molar-refractivity contribution >= 4 is 11.8 Å². The summed E-state index contributed by atoms with van der Waals surface area (Å²) in [7, 11) is 3.79. The molecule has 6 heteroatoms. The molecule has 0 aliphatic carbocycles. The third-order valence-electron chi connectivity index (χ3n) is 2.00. The topological polar surface area (TPSA) is 78.7 Å². The molecule has 1 atom stereocenters. The van der Waals surface area contributed by atoms with Gasteiger partial charge in [0.2, 0.25) is 0 Å². The molecule has 3 N–H and O–H groups in total. The second kappa shape index (κ2) is 6.36. The van der Waals surface area contributed by atoms with Gasteiger partial charge in [-0.1, -0.05) is 0 Å². The van der Waals surface area contributed by atoms with Crippen molar-refractivity contribution in [1.29, 1.82) is 0 Å². The maximum absolute atomic E-state index is 11.4. The Labute approximate surface area is 90.4 Å². The average Bonchev–Trinajstić information content (AvgIpc) is 2.13. The maximum Gasteiger partial charge on any atom is 0.332 e. The molecule has 0 aromatic carbocycles. The van der Waals surface area contributed by atoms with E-state index in [0.29, 0.717) is 13.1 Å². The smallest absolute Gasteiger partial charge is 0.327 e. The molecule has 1 unspecified atom stereocenters. The van der Waals surface area contributed by atoms with E-state index >= 15 is 0 Å². The second-order valence-electron chi connectivity index (χ2n) is 3.78. The Bertz CT molecular complexity index is 230. The minimum absolute atomic E-state index is 0.0932. The number of hydrogen-bond donors (Lipinski definition) is 2. The summed E-state index contributed by atoms with van der Waals surface area (Å²) in [5, 5.41) is 3.57. The van der Waals surface area contributed by atoms with Crippen molar-refractivity contribution in [2.24, 2.45) is 5.84 Å². The zero-order valence-electron chi connectivity index (χ0n) is 9.78. The van der Waals surface area contributed by atoms with Gasteiger partial charge in [-0.2, -0.15) is 0 Å². The van der Waals surface area contributed by atoms with E-state index < -0.39 is 12.1 Å². The Morgan fingerprint density at radius 2 is 1.87 bits per heavy atom. The number of Topliss-reactive ketones (excluding diaryl/α,β-unsaturated/α-hetero) is 1. The Hall–Kier alpha value is -1.14. The Morgan fingerprint density at radius 3 is 2.27 bits per heavy atom. The fourth-order valence-corrected chi connectivity index (χ4v) is 0.779. The van der Waals surface area contributed by atoms with Gasteiger partial charge in [-0.15, -0.1) is 0 Å². The first kappa shape index (κ1) is 13.9. The molecular weight excluding hydrogens is 196 g/mol. The summed E-state index contributed by atoms with van der Waals surface area (Å²) in [5.41, 5.74) is 0. The van der Waals surface area contributed by atoms with Crippen LogP contribution < -0.4 is 11.2 Å². The predicted molar refractivity (Wildman–Crippen MR) is 58.1 cm³/mol. The number of rotatable bonds is 5. The number of urea groups is 1. The highest BCUT2D eigenvalue weighted by Crippen LogP contribution is 1.88. The SMILES string of the molecule is CC(=O)C(C)NC(=O)N(N)CCN(C)C. The standard InChI is InChI=1S/C9H20N4O2/c1-7(8(2)14)11-9(15)13(10)6-5-12(3)4/h7H,5-6,10H2,1-4H3,(H,11,15). The van der Waals surface area contributed by atoms with Gasteiger partial charge < -0.3 is 10.2 Å². The Kier molecular flexibility index (Phi) is 5.88. The summed E-state index contributed by atoms with van der Waals surface area (Å²) in [5.74, 6) is 5.40. The Balaban J connectivity index is 3.94. The maximum atomic E-state index is 11.4. The highest BCUT2D eigenvalue weighted by atomic mass is 16.2. The van der Waals surface area contributed by atoms with Crippen LogP contribution in [-0.4, -0.2) is 54.9 Å². The van der Waals surface area contributed by atoms with E-state index in [2.05, 4.69) is 5.32 Å². The first-order valence-electron chi connectivity index (χ1n) is 4.82. The fourth-order valence-electron chi connectivity index (χ4n) is 0.779. The Morgan fingerprint density at radius 1 is 1.33 bits per heavy atom. The molecule has 88 valence electrons. The van der Waals surface area contributed by atoms with Crippen LogP contribution in [0.15, 0.2) is 0 Å². The number of ketones is 1. The normalized spacial score (nSPS) is 12.4. The lowest BCUT2D eigenvalue weighted by Gasteiger charge is -2.21. The summed E-state index contributed by atoms with van der Waals surface area (Å²) < 4.78 is 0. The molecule has 0 aromatic rings. The second-order valence-corrected chi connectivity index (χ2v) is 3.78. The summed E-state index contributed by atoms with van der Waals surface area (Å²) in [4.78, 5) is 24.2. The molecule has 0 heterocycles. The van der Waals surface area contributed by atoms with Gasteiger partial charge in [-0.05, 0) is 27.9 Å². The van der Waals surface area contributed by atoms with Crippen LogP contribution in [-0.2, 0) is 4.79 Å². The number of carbonyl (C=O) groups is 2. The molecule has 0 radical (unpaired) electrons. The highest BCUT2D eigenvalue weighted by molar-refractivity contribution is 5.86. The van der Waals surface area contributed by atoms with Gasteiger partial charge in [0.15, 0.2) is 5.78 Å². The summed E-state index contributed by atoms with van der Waals surface area (Å²) in [6.45, 7) is 4.15. The van der Waals surface area contributed by atoms with Crippen molar-refractivity contribution in [2.45, 2.75) is 19.9 Å². The van der Waals surface area contributed by atoms with E-state index in [1.165, 1.54) is 6.92 Å². The van der Waals surface area contributed by atoms with E-state index in [0.717, 1.165) is 5.01 Å². The first-order valence-corrected chi connectivity index (χ1v) is 4.82. The number of nitrogens with one attached hydrogen (secondary N) is 1. The lowest BCUT2D eigenvalue weighted by atomic mass is 10.2. The number of hydrazine groups is 1. The fraction of sp³-hybridized carbons (Fsp3) is 0.778. The van der Waals surface area contributed by atoms with E-state index in [1.807, 2.05) is 19.0 Å². The monoisotopic (exact) mass is 216 g/mol. The van der Waals surface area contributed by atoms with Crippen molar-refractivity contribution in [3.63, 3.8) is 0 Å². The molecule has 2 amide bonds. The quantitative estimate of drug-likeness (QED) is 0.366. The third kappa shape index (κ3) is 6.03. The molecule has 0 rings (SSSR count). The minimum Gasteiger partial charge on any atom is -0.327 e. The number of nitrogens with two attached hydrogens (primary N) is 1. The molecule has 6 nitrogen and oxygen atoms in total. The molecular formula is C9H20N4O2. The van der Waals surface area contributed by atoms with Gasteiger partial charge in [0.1, 0.15) is 0 Å². The lowest BCUT2D eigenvalue weighted by molar-refractivity contribution is -0.118. The van der Waals surface area contributed by atoms with E-state index in [4.69, 9.17) is 5.84 Å². The van der Waals surface area contributed by atoms with Crippen LogP contribution in [0.2, 0.25) is 0 Å². The van der Waals surface area contributed by atoms with Crippen molar-refractivity contribution in [2.75, 3.05) is 27.2 Å². The van der Waals surface area contributed by atoms with Gasteiger partial charge in [0, 0.05) is 6.54 Å². The average molecular weight is 216 g/mol. The molecule has 0 aliphatic rings. The van der Waals surface area contributed by atoms with E-state index in [1.54, 1.807) is 6.92 Å². The number of hydrogen-bond acceptors (Lipinski definition) is 4. The van der Waals surface area contributed by atoms with Crippen LogP contribution in [0.4, 0.5) is 4.79 Å². The van der Waals surface area contributed by atoms with Crippen molar-refractivity contribution < 1.29 is 9.59 Å². The van der Waals surface area contributed by atoms with Crippen LogP contribution in [0.3, 0.4) is 0 Å². The molecule has 0 fully saturated rings. The van der Waals surface area contributed by atoms with Crippen molar-refractivity contribution in [3.05, 3.63) is 0 Å². The van der Waals surface area contributed by atoms with Crippen LogP contribution in [0.1, 0.15) is 13.8 Å². The van der Waals surface area contributed by atoms with Gasteiger partial charge >= 0.3 is 6.03 Å². The molecule has 0 aromatic heterocycles. The molecule has 0 aliphatic heterocycles. The molecule has 15 heavy (non-hydrogen) atoms. The first-order chi connectivity index (χ1) is 6.84. The number of amides is 2. The molecule has 0 bridgehead atoms. The molecule has 0 spiro atoms. The lowest BCUT2D eigenvalue weighted by Crippen LogP contribution is -2.51. The summed E-state index contributed by atoms with van der Waals surface area (Å²) in [6, 6.07) is -0.928. The third-order valence-corrected chi connectivity index (χ3v) is 2.00. The number of nitrogens with zero attached hydrogens (tertiary/aromatic N) is 2. The molecule has 0 saturated heterocycles. The zero-order chi connectivity index (χ0) is 12.0. The van der Waals surface area contributed by atoms with E-state index in [9.17, 15) is 9.59 Å². The minimum atomic E-state index is -0.497. The van der Waals surface area contributed by atoms with Gasteiger partial charge in [-0.3, -0.25) is 9.80 Å². The van der Waals surface area contributed by atoms with Crippen molar-refractivity contribution in [3.8, 4) is 0 Å². The number of likely N-dealkylation sites (N-methyl/N-ethyl adjacent to an activating group) is 1. The largest absolute Gasteiger partial charge is 0.332 e.